The van der Waals surface area contributed by atoms with Gasteiger partial charge in [-0.3, -0.25) is 0 Å². The van der Waals surface area contributed by atoms with Crippen molar-refractivity contribution in [2.45, 2.75) is 195 Å². The Morgan fingerprint density at radius 3 is 1.14 bits per heavy atom. The largest absolute Gasteiger partial charge is 0.490 e. The Hall–Kier alpha value is -2.80. The summed E-state index contributed by atoms with van der Waals surface area (Å²) >= 11 is 0. The van der Waals surface area contributed by atoms with Gasteiger partial charge in [-0.1, -0.05) is 117 Å². The van der Waals surface area contributed by atoms with Gasteiger partial charge in [-0.2, -0.15) is 8.78 Å². The third-order valence-corrected chi connectivity index (χ3v) is 16.5. The standard InChI is InChI=1S/C58H86F4O3/c1-5-9-11-13-41-15-19-43(20-16-41)45-23-27-47(28-24-45)49(51-31-33-53(64-37-7-3)57(61)55(51)59)35-39-63-40-36-50(52-32-34-54(65-38-8-4)58(62)56(52)60)48-29-25-46(26-30-48)44-21-17-42(18-22-44)14-12-10-6-2/h31-36,41-48H,5-30,37-40H2,1-4H3/t41-,42-,43-,44-,45-,46-,47-,48-. The van der Waals surface area contributed by atoms with Crippen LogP contribution in [0.5, 0.6) is 11.5 Å². The molecule has 4 saturated carbocycles. The Balaban J connectivity index is 1.14. The number of unbranched alkanes of at least 4 members (excludes halogenated alkanes) is 4. The molecular weight excluding hydrogens is 821 g/mol. The van der Waals surface area contributed by atoms with Crippen molar-refractivity contribution < 1.29 is 31.8 Å². The van der Waals surface area contributed by atoms with Crippen molar-refractivity contribution in [1.29, 1.82) is 0 Å². The van der Waals surface area contributed by atoms with E-state index in [2.05, 4.69) is 13.8 Å². The molecule has 0 aliphatic heterocycles. The van der Waals surface area contributed by atoms with Gasteiger partial charge in [-0.15, -0.1) is 0 Å². The SMILES string of the molecule is CCCCC[C@H]1CC[C@H]([C@H]2CC[C@H](C(=CCOCC=C(c3ccc(OCCC)c(F)c3F)[C@H]3CC[C@H]([C@H]4CC[C@H](CCCCC)CC4)CC3)c3ccc(OCCC)c(F)c3F)CC2)CC1. The Morgan fingerprint density at radius 2 is 0.800 bits per heavy atom. The van der Waals surface area contributed by atoms with E-state index in [0.29, 0.717) is 37.9 Å². The molecule has 0 bridgehead atoms. The first-order valence-electron chi connectivity index (χ1n) is 27.0. The summed E-state index contributed by atoms with van der Waals surface area (Å²) in [6, 6.07) is 6.50. The summed E-state index contributed by atoms with van der Waals surface area (Å²) < 4.78 is 80.6. The molecule has 4 aliphatic rings. The minimum atomic E-state index is -0.940. The van der Waals surface area contributed by atoms with Crippen molar-refractivity contribution in [3.05, 3.63) is 70.8 Å². The monoisotopic (exact) mass is 907 g/mol. The van der Waals surface area contributed by atoms with Crippen LogP contribution >= 0.6 is 0 Å². The molecule has 0 N–H and O–H groups in total. The number of ether oxygens (including phenoxy) is 3. The van der Waals surface area contributed by atoms with Gasteiger partial charge < -0.3 is 14.2 Å². The van der Waals surface area contributed by atoms with E-state index in [9.17, 15) is 0 Å². The molecule has 364 valence electrons. The van der Waals surface area contributed by atoms with Crippen LogP contribution in [0.25, 0.3) is 11.1 Å². The van der Waals surface area contributed by atoms with Gasteiger partial charge in [0.15, 0.2) is 23.1 Å². The van der Waals surface area contributed by atoms with Crippen LogP contribution in [-0.4, -0.2) is 26.4 Å². The van der Waals surface area contributed by atoms with Gasteiger partial charge >= 0.3 is 0 Å². The van der Waals surface area contributed by atoms with Crippen LogP contribution in [0.3, 0.4) is 0 Å². The van der Waals surface area contributed by atoms with Crippen LogP contribution in [0.4, 0.5) is 17.6 Å². The fraction of sp³-hybridized carbons (Fsp3) is 0.724. The van der Waals surface area contributed by atoms with Crippen LogP contribution in [0.1, 0.15) is 206 Å². The van der Waals surface area contributed by atoms with E-state index in [1.807, 2.05) is 26.0 Å². The highest BCUT2D eigenvalue weighted by Gasteiger charge is 2.35. The molecule has 6 rings (SSSR count). The summed E-state index contributed by atoms with van der Waals surface area (Å²) in [6.45, 7) is 9.48. The highest BCUT2D eigenvalue weighted by molar-refractivity contribution is 5.70. The molecule has 0 amide bonds. The average molecular weight is 907 g/mol. The summed E-state index contributed by atoms with van der Waals surface area (Å²) in [5.74, 6) is 1.18. The van der Waals surface area contributed by atoms with Crippen molar-refractivity contribution >= 4 is 11.1 Å². The van der Waals surface area contributed by atoms with E-state index < -0.39 is 23.3 Å². The zero-order valence-corrected chi connectivity index (χ0v) is 41.0. The lowest BCUT2D eigenvalue weighted by Gasteiger charge is -2.38. The number of halogens is 4. The van der Waals surface area contributed by atoms with Crippen molar-refractivity contribution in [3.8, 4) is 11.5 Å². The summed E-state index contributed by atoms with van der Waals surface area (Å²) in [7, 11) is 0. The number of allylic oxidation sites excluding steroid dienone is 2. The first-order valence-corrected chi connectivity index (χ1v) is 27.0. The zero-order chi connectivity index (χ0) is 46.0. The van der Waals surface area contributed by atoms with Crippen LogP contribution < -0.4 is 9.47 Å². The normalized spacial score (nSPS) is 26.9. The highest BCUT2D eigenvalue weighted by Crippen LogP contribution is 2.48. The van der Waals surface area contributed by atoms with E-state index in [0.717, 1.165) is 86.2 Å². The zero-order valence-electron chi connectivity index (χ0n) is 41.0. The summed E-state index contributed by atoms with van der Waals surface area (Å²) in [6.07, 6.45) is 34.9. The molecule has 0 unspecified atom stereocenters. The maximum atomic E-state index is 16.1. The van der Waals surface area contributed by atoms with Crippen LogP contribution in [0.2, 0.25) is 0 Å². The predicted molar refractivity (Wildman–Crippen MR) is 261 cm³/mol. The highest BCUT2D eigenvalue weighted by atomic mass is 19.2. The lowest BCUT2D eigenvalue weighted by Crippen LogP contribution is -2.26. The molecular formula is C58H86F4O3. The van der Waals surface area contributed by atoms with Gasteiger partial charge in [0.25, 0.3) is 0 Å². The molecule has 0 saturated heterocycles. The van der Waals surface area contributed by atoms with Gasteiger partial charge in [-0.05, 0) is 173 Å². The number of hydrogen-bond donors (Lipinski definition) is 0. The molecule has 65 heavy (non-hydrogen) atoms. The first kappa shape index (κ1) is 51.6. The number of rotatable bonds is 24. The fourth-order valence-corrected chi connectivity index (χ4v) is 12.6. The smallest absolute Gasteiger partial charge is 0.201 e. The van der Waals surface area contributed by atoms with Crippen molar-refractivity contribution in [3.63, 3.8) is 0 Å². The van der Waals surface area contributed by atoms with E-state index in [4.69, 9.17) is 14.2 Å². The Morgan fingerprint density at radius 1 is 0.446 bits per heavy atom. The second kappa shape index (κ2) is 27.3. The van der Waals surface area contributed by atoms with Crippen LogP contribution in [0, 0.1) is 70.6 Å². The van der Waals surface area contributed by atoms with Gasteiger partial charge in [-0.25, -0.2) is 8.78 Å². The summed E-state index contributed by atoms with van der Waals surface area (Å²) in [5.41, 5.74) is 2.17. The second-order valence-corrected chi connectivity index (χ2v) is 20.8. The maximum absolute atomic E-state index is 16.1. The number of hydrogen-bond acceptors (Lipinski definition) is 3. The molecule has 7 heteroatoms. The molecule has 0 spiro atoms. The van der Waals surface area contributed by atoms with E-state index in [1.165, 1.54) is 103 Å². The lowest BCUT2D eigenvalue weighted by atomic mass is 9.67. The Bertz CT molecular complexity index is 1630. The minimum absolute atomic E-state index is 0.0526. The molecule has 0 radical (unpaired) electrons. The van der Waals surface area contributed by atoms with E-state index >= 15 is 17.6 Å². The minimum Gasteiger partial charge on any atom is -0.490 e. The third kappa shape index (κ3) is 14.6. The van der Waals surface area contributed by atoms with Gasteiger partial charge in [0.1, 0.15) is 0 Å². The Labute approximate surface area is 392 Å². The first-order chi connectivity index (χ1) is 31.8. The average Bonchev–Trinajstić information content (AvgIpc) is 3.34. The molecule has 4 aliphatic carbocycles. The molecule has 0 heterocycles. The number of benzene rings is 2. The quantitative estimate of drug-likeness (QED) is 0.0776. The van der Waals surface area contributed by atoms with Crippen molar-refractivity contribution in [2.75, 3.05) is 26.4 Å². The van der Waals surface area contributed by atoms with Gasteiger partial charge in [0.05, 0.1) is 26.4 Å². The second-order valence-electron chi connectivity index (χ2n) is 20.8. The summed E-state index contributed by atoms with van der Waals surface area (Å²) in [4.78, 5) is 0. The molecule has 3 nitrogen and oxygen atoms in total. The summed E-state index contributed by atoms with van der Waals surface area (Å²) in [5, 5.41) is 0. The van der Waals surface area contributed by atoms with Gasteiger partial charge in [0, 0.05) is 11.1 Å². The van der Waals surface area contributed by atoms with Crippen LogP contribution in [-0.2, 0) is 4.74 Å². The predicted octanol–water partition coefficient (Wildman–Crippen LogP) is 17.7. The molecule has 0 aromatic heterocycles. The molecule has 2 aromatic rings. The van der Waals surface area contributed by atoms with Crippen LogP contribution in [0.15, 0.2) is 36.4 Å². The van der Waals surface area contributed by atoms with E-state index in [-0.39, 0.29) is 47.7 Å². The fourth-order valence-electron chi connectivity index (χ4n) is 12.6. The third-order valence-electron chi connectivity index (χ3n) is 16.5. The lowest BCUT2D eigenvalue weighted by molar-refractivity contribution is 0.152. The van der Waals surface area contributed by atoms with Crippen molar-refractivity contribution in [2.24, 2.45) is 47.3 Å². The van der Waals surface area contributed by atoms with E-state index in [1.54, 1.807) is 24.3 Å². The molecule has 2 aromatic carbocycles. The molecule has 0 atom stereocenters. The topological polar surface area (TPSA) is 27.7 Å². The van der Waals surface area contributed by atoms with Crippen molar-refractivity contribution in [1.82, 2.24) is 0 Å². The Kier molecular flexibility index (Phi) is 21.6. The molecule has 4 fully saturated rings. The maximum Gasteiger partial charge on any atom is 0.201 e. The van der Waals surface area contributed by atoms with Gasteiger partial charge in [0.2, 0.25) is 11.6 Å².